The second kappa shape index (κ2) is 6.95. The van der Waals surface area contributed by atoms with Gasteiger partial charge in [0.25, 0.3) is 5.91 Å². The molecule has 6 heteroatoms. The summed E-state index contributed by atoms with van der Waals surface area (Å²) in [5.74, 6) is 0.361. The monoisotopic (exact) mass is 305 g/mol. The molecule has 110 valence electrons. The van der Waals surface area contributed by atoms with E-state index in [-0.39, 0.29) is 5.91 Å². The minimum absolute atomic E-state index is 0.261. The van der Waals surface area contributed by atoms with E-state index >= 15 is 0 Å². The Morgan fingerprint density at radius 1 is 1.33 bits per heavy atom. The van der Waals surface area contributed by atoms with Gasteiger partial charge in [0.2, 0.25) is 0 Å². The fourth-order valence-corrected chi connectivity index (χ4v) is 2.01. The van der Waals surface area contributed by atoms with Crippen LogP contribution in [0.5, 0.6) is 5.75 Å². The van der Waals surface area contributed by atoms with Crippen molar-refractivity contribution < 1.29 is 9.53 Å². The molecule has 1 heterocycles. The first kappa shape index (κ1) is 15.1. The van der Waals surface area contributed by atoms with Crippen LogP contribution in [0.1, 0.15) is 17.3 Å². The van der Waals surface area contributed by atoms with Gasteiger partial charge in [0.05, 0.1) is 35.3 Å². The van der Waals surface area contributed by atoms with E-state index in [0.717, 1.165) is 0 Å². The number of nitrogens with zero attached hydrogens (tertiary/aromatic N) is 1. The number of pyridine rings is 1. The Labute approximate surface area is 128 Å². The molecule has 0 saturated carbocycles. The highest BCUT2D eigenvalue weighted by atomic mass is 35.5. The normalized spacial score (nSPS) is 10.0. The summed E-state index contributed by atoms with van der Waals surface area (Å²) in [6.45, 7) is 2.65. The molecule has 2 N–H and O–H groups in total. The first-order chi connectivity index (χ1) is 10.2. The molecule has 21 heavy (non-hydrogen) atoms. The Bertz CT molecular complexity index is 647. The summed E-state index contributed by atoms with van der Waals surface area (Å²) in [7, 11) is 1.56. The smallest absolute Gasteiger partial charge is 0.257 e. The Kier molecular flexibility index (Phi) is 5.00. The van der Waals surface area contributed by atoms with Gasteiger partial charge in [-0.05, 0) is 25.1 Å². The largest absolute Gasteiger partial charge is 0.497 e. The first-order valence-electron chi connectivity index (χ1n) is 6.48. The number of carbonyl (C=O) groups is 1. The average molecular weight is 306 g/mol. The first-order valence-corrected chi connectivity index (χ1v) is 6.86. The van der Waals surface area contributed by atoms with Gasteiger partial charge in [-0.25, -0.2) is 0 Å². The van der Waals surface area contributed by atoms with E-state index in [9.17, 15) is 4.79 Å². The van der Waals surface area contributed by atoms with Crippen molar-refractivity contribution in [3.8, 4) is 5.75 Å². The summed E-state index contributed by atoms with van der Waals surface area (Å²) in [5.41, 5.74) is 1.68. The number of hydrogen-bond acceptors (Lipinski definition) is 4. The fourth-order valence-electron chi connectivity index (χ4n) is 1.84. The number of amides is 1. The number of carbonyl (C=O) groups excluding carboxylic acids is 1. The Balaban J connectivity index is 2.26. The number of benzene rings is 1. The molecule has 5 nitrogen and oxygen atoms in total. The van der Waals surface area contributed by atoms with Crippen LogP contribution in [0.15, 0.2) is 36.7 Å². The summed E-state index contributed by atoms with van der Waals surface area (Å²) in [4.78, 5) is 16.4. The van der Waals surface area contributed by atoms with E-state index in [1.54, 1.807) is 43.8 Å². The molecular weight excluding hydrogens is 290 g/mol. The van der Waals surface area contributed by atoms with Crippen molar-refractivity contribution in [2.75, 3.05) is 24.3 Å². The van der Waals surface area contributed by atoms with Gasteiger partial charge >= 0.3 is 0 Å². The van der Waals surface area contributed by atoms with Crippen molar-refractivity contribution >= 4 is 28.9 Å². The second-order valence-corrected chi connectivity index (χ2v) is 4.66. The Morgan fingerprint density at radius 2 is 2.14 bits per heavy atom. The van der Waals surface area contributed by atoms with Gasteiger partial charge in [-0.1, -0.05) is 11.6 Å². The van der Waals surface area contributed by atoms with Gasteiger partial charge in [-0.3, -0.25) is 9.78 Å². The molecular formula is C15H16ClN3O2. The van der Waals surface area contributed by atoms with Crippen LogP contribution in [0.2, 0.25) is 5.02 Å². The predicted molar refractivity (Wildman–Crippen MR) is 84.4 cm³/mol. The lowest BCUT2D eigenvalue weighted by Gasteiger charge is -2.12. The van der Waals surface area contributed by atoms with Crippen molar-refractivity contribution in [3.05, 3.63) is 47.2 Å². The van der Waals surface area contributed by atoms with Crippen molar-refractivity contribution in [2.45, 2.75) is 6.92 Å². The number of anilines is 2. The van der Waals surface area contributed by atoms with Gasteiger partial charge in [-0.15, -0.1) is 0 Å². The quantitative estimate of drug-likeness (QED) is 0.888. The van der Waals surface area contributed by atoms with Gasteiger partial charge in [0.1, 0.15) is 5.75 Å². The highest BCUT2D eigenvalue weighted by Crippen LogP contribution is 2.27. The number of halogens is 1. The number of ether oxygens (including phenoxy) is 1. The number of nitrogens with one attached hydrogen (secondary N) is 2. The van der Waals surface area contributed by atoms with E-state index in [1.165, 1.54) is 0 Å². The predicted octanol–water partition coefficient (Wildman–Crippen LogP) is 3.43. The number of hydrogen-bond donors (Lipinski definition) is 2. The van der Waals surface area contributed by atoms with Crippen LogP contribution < -0.4 is 15.4 Å². The third-order valence-corrected chi connectivity index (χ3v) is 3.18. The summed E-state index contributed by atoms with van der Waals surface area (Å²) < 4.78 is 5.13. The van der Waals surface area contributed by atoms with Crippen LogP contribution in [0, 0.1) is 0 Å². The molecule has 0 aliphatic carbocycles. The lowest BCUT2D eigenvalue weighted by Crippen LogP contribution is -2.15. The molecule has 0 unspecified atom stereocenters. The fraction of sp³-hybridized carbons (Fsp3) is 0.200. The number of methoxy groups -OCH3 is 1. The molecule has 0 aliphatic rings. The minimum Gasteiger partial charge on any atom is -0.497 e. The van der Waals surface area contributed by atoms with E-state index in [1.807, 2.05) is 6.92 Å². The van der Waals surface area contributed by atoms with E-state index in [2.05, 4.69) is 15.6 Å². The van der Waals surface area contributed by atoms with Crippen molar-refractivity contribution in [2.24, 2.45) is 0 Å². The van der Waals surface area contributed by atoms with Crippen LogP contribution in [0.3, 0.4) is 0 Å². The molecule has 0 fully saturated rings. The Hall–Kier alpha value is -2.27. The Morgan fingerprint density at radius 3 is 2.86 bits per heavy atom. The maximum absolute atomic E-state index is 12.4. The van der Waals surface area contributed by atoms with Gasteiger partial charge in [0.15, 0.2) is 0 Å². The SMILES string of the molecule is CCNc1cnccc1C(=O)Nc1cc(OC)ccc1Cl. The molecule has 0 spiro atoms. The highest BCUT2D eigenvalue weighted by molar-refractivity contribution is 6.34. The van der Waals surface area contributed by atoms with Gasteiger partial charge in [0, 0.05) is 18.8 Å². The molecule has 1 aromatic carbocycles. The lowest BCUT2D eigenvalue weighted by molar-refractivity contribution is 0.102. The summed E-state index contributed by atoms with van der Waals surface area (Å²) >= 11 is 6.09. The van der Waals surface area contributed by atoms with Crippen molar-refractivity contribution in [3.63, 3.8) is 0 Å². The topological polar surface area (TPSA) is 63.2 Å². The second-order valence-electron chi connectivity index (χ2n) is 4.25. The summed E-state index contributed by atoms with van der Waals surface area (Å²) in [6, 6.07) is 6.73. The van der Waals surface area contributed by atoms with E-state index in [4.69, 9.17) is 16.3 Å². The van der Waals surface area contributed by atoms with Crippen LogP contribution >= 0.6 is 11.6 Å². The standard InChI is InChI=1S/C15H16ClN3O2/c1-3-18-14-9-17-7-6-11(14)15(20)19-13-8-10(21-2)4-5-12(13)16/h4-9,18H,3H2,1-2H3,(H,19,20). The van der Waals surface area contributed by atoms with Crippen molar-refractivity contribution in [1.29, 1.82) is 0 Å². The molecule has 2 aromatic rings. The number of aromatic nitrogens is 1. The van der Waals surface area contributed by atoms with Crippen LogP contribution in [-0.4, -0.2) is 24.5 Å². The van der Waals surface area contributed by atoms with Crippen LogP contribution in [-0.2, 0) is 0 Å². The molecule has 1 aromatic heterocycles. The summed E-state index contributed by atoms with van der Waals surface area (Å²) in [5, 5.41) is 6.33. The molecule has 0 saturated heterocycles. The number of rotatable bonds is 5. The third kappa shape index (κ3) is 3.64. The molecule has 0 aliphatic heterocycles. The average Bonchev–Trinajstić information content (AvgIpc) is 2.50. The molecule has 0 radical (unpaired) electrons. The molecule has 2 rings (SSSR count). The van der Waals surface area contributed by atoms with Gasteiger partial charge < -0.3 is 15.4 Å². The lowest BCUT2D eigenvalue weighted by atomic mass is 10.2. The minimum atomic E-state index is -0.261. The van der Waals surface area contributed by atoms with Crippen LogP contribution in [0.25, 0.3) is 0 Å². The van der Waals surface area contributed by atoms with Crippen LogP contribution in [0.4, 0.5) is 11.4 Å². The zero-order valence-corrected chi connectivity index (χ0v) is 12.6. The summed E-state index contributed by atoms with van der Waals surface area (Å²) in [6.07, 6.45) is 3.19. The van der Waals surface area contributed by atoms with E-state index < -0.39 is 0 Å². The van der Waals surface area contributed by atoms with Crippen molar-refractivity contribution in [1.82, 2.24) is 4.98 Å². The van der Waals surface area contributed by atoms with Gasteiger partial charge in [-0.2, -0.15) is 0 Å². The molecule has 1 amide bonds. The third-order valence-electron chi connectivity index (χ3n) is 2.85. The maximum atomic E-state index is 12.4. The molecule has 0 bridgehead atoms. The maximum Gasteiger partial charge on any atom is 0.257 e. The zero-order chi connectivity index (χ0) is 15.2. The molecule has 0 atom stereocenters. The zero-order valence-electron chi connectivity index (χ0n) is 11.8. The highest BCUT2D eigenvalue weighted by Gasteiger charge is 2.13. The van der Waals surface area contributed by atoms with E-state index in [0.29, 0.717) is 34.3 Å².